The molecule has 0 saturated heterocycles. The van der Waals surface area contributed by atoms with E-state index in [2.05, 4.69) is 59.1 Å². The Kier molecular flexibility index (Phi) is 5.22. The second-order valence-electron chi connectivity index (χ2n) is 7.36. The Balaban J connectivity index is 2.60. The van der Waals surface area contributed by atoms with E-state index in [1.54, 1.807) is 12.1 Å². The number of hydrogen-bond donors (Lipinski definition) is 1. The van der Waals surface area contributed by atoms with Crippen LogP contribution in [-0.2, 0) is 0 Å². The van der Waals surface area contributed by atoms with Gasteiger partial charge in [0.15, 0.2) is 0 Å². The molecule has 0 fully saturated rings. The predicted octanol–water partition coefficient (Wildman–Crippen LogP) is 6.11. The van der Waals surface area contributed by atoms with Gasteiger partial charge in [-0.1, -0.05) is 59.6 Å². The van der Waals surface area contributed by atoms with Crippen LogP contribution in [0, 0.1) is 11.5 Å². The van der Waals surface area contributed by atoms with Crippen molar-refractivity contribution < 1.29 is 5.11 Å². The average molecular weight is 325 g/mol. The molecule has 1 N–H and O–H groups in total. The maximum Gasteiger partial charge on any atom is 0.146 e. The molecule has 0 unspecified atom stereocenters. The van der Waals surface area contributed by atoms with Crippen molar-refractivity contribution in [3.05, 3.63) is 42.0 Å². The summed E-state index contributed by atoms with van der Waals surface area (Å²) in [6, 6.07) is 11.7. The molecule has 0 aliphatic carbocycles. The van der Waals surface area contributed by atoms with E-state index in [0.29, 0.717) is 22.4 Å². The standard InChI is InChI=1S/C21H28OSi/c1-15(2)23(16(3)4,17(5)6)13-12-18-8-7-9-19-14-20(22)10-11-21(18)19/h7-11,14-17,22H,1-6H3. The molecule has 0 spiro atoms. The number of phenolic OH excluding ortho intramolecular Hbond substituents is 1. The highest BCUT2D eigenvalue weighted by Gasteiger charge is 2.41. The van der Waals surface area contributed by atoms with E-state index >= 15 is 0 Å². The maximum atomic E-state index is 9.67. The van der Waals surface area contributed by atoms with Crippen LogP contribution in [0.4, 0.5) is 0 Å². The SMILES string of the molecule is CC(C)[Si](C#Cc1cccc2cc(O)ccc12)(C(C)C)C(C)C. The summed E-state index contributed by atoms with van der Waals surface area (Å²) in [5.74, 6) is 3.83. The summed E-state index contributed by atoms with van der Waals surface area (Å²) in [6.45, 7) is 14.0. The molecule has 2 heteroatoms. The summed E-state index contributed by atoms with van der Waals surface area (Å²) in [5, 5.41) is 11.8. The monoisotopic (exact) mass is 324 g/mol. The Morgan fingerprint density at radius 3 is 2.04 bits per heavy atom. The summed E-state index contributed by atoms with van der Waals surface area (Å²) in [5.41, 5.74) is 6.75. The molecule has 0 aromatic heterocycles. The van der Waals surface area contributed by atoms with E-state index in [-0.39, 0.29) is 0 Å². The molecule has 0 radical (unpaired) electrons. The van der Waals surface area contributed by atoms with Crippen LogP contribution in [-0.4, -0.2) is 13.2 Å². The molecular weight excluding hydrogens is 296 g/mol. The Hall–Kier alpha value is -1.72. The highest BCUT2D eigenvalue weighted by atomic mass is 28.3. The number of aromatic hydroxyl groups is 1. The molecule has 0 amide bonds. The fourth-order valence-corrected chi connectivity index (χ4v) is 9.21. The van der Waals surface area contributed by atoms with Crippen LogP contribution in [0.3, 0.4) is 0 Å². The Labute approximate surface area is 141 Å². The van der Waals surface area contributed by atoms with Crippen molar-refractivity contribution in [2.45, 2.75) is 58.2 Å². The average Bonchev–Trinajstić information content (AvgIpc) is 2.46. The van der Waals surface area contributed by atoms with Crippen molar-refractivity contribution in [2.75, 3.05) is 0 Å². The molecular formula is C21H28OSi. The fraction of sp³-hybridized carbons (Fsp3) is 0.429. The van der Waals surface area contributed by atoms with Gasteiger partial charge in [-0.05, 0) is 51.7 Å². The first-order valence-corrected chi connectivity index (χ1v) is 10.8. The molecule has 1 nitrogen and oxygen atoms in total. The van der Waals surface area contributed by atoms with Crippen molar-refractivity contribution >= 4 is 18.8 Å². The molecule has 0 saturated carbocycles. The lowest BCUT2D eigenvalue weighted by Gasteiger charge is -2.38. The van der Waals surface area contributed by atoms with Gasteiger partial charge >= 0.3 is 0 Å². The van der Waals surface area contributed by atoms with Crippen molar-refractivity contribution in [1.82, 2.24) is 0 Å². The van der Waals surface area contributed by atoms with E-state index in [4.69, 9.17) is 0 Å². The van der Waals surface area contributed by atoms with Gasteiger partial charge in [0.25, 0.3) is 0 Å². The van der Waals surface area contributed by atoms with Gasteiger partial charge in [-0.15, -0.1) is 5.54 Å². The number of fused-ring (bicyclic) bond motifs is 1. The van der Waals surface area contributed by atoms with Crippen LogP contribution in [0.1, 0.15) is 47.1 Å². The normalized spacial score (nSPS) is 12.0. The molecule has 2 aromatic rings. The van der Waals surface area contributed by atoms with E-state index < -0.39 is 8.07 Å². The summed E-state index contributed by atoms with van der Waals surface area (Å²) < 4.78 is 0. The molecule has 0 heterocycles. The lowest BCUT2D eigenvalue weighted by Crippen LogP contribution is -2.43. The fourth-order valence-electron chi connectivity index (χ4n) is 3.99. The second kappa shape index (κ2) is 6.80. The second-order valence-corrected chi connectivity index (χ2v) is 12.9. The van der Waals surface area contributed by atoms with Crippen molar-refractivity contribution in [2.24, 2.45) is 0 Å². The Morgan fingerprint density at radius 1 is 0.870 bits per heavy atom. The van der Waals surface area contributed by atoms with E-state index in [1.807, 2.05) is 18.2 Å². The minimum absolute atomic E-state index is 0.304. The molecule has 122 valence electrons. The minimum atomic E-state index is -1.72. The van der Waals surface area contributed by atoms with Crippen molar-refractivity contribution in [3.8, 4) is 17.2 Å². The number of phenols is 1. The summed E-state index contributed by atoms with van der Waals surface area (Å²) >= 11 is 0. The van der Waals surface area contributed by atoms with Crippen LogP contribution in [0.25, 0.3) is 10.8 Å². The Morgan fingerprint density at radius 2 is 1.48 bits per heavy atom. The molecule has 0 aliphatic heterocycles. The summed E-state index contributed by atoms with van der Waals surface area (Å²) in [4.78, 5) is 0. The first kappa shape index (κ1) is 17.6. The Bertz CT molecular complexity index is 725. The van der Waals surface area contributed by atoms with Gasteiger partial charge in [0.1, 0.15) is 13.8 Å². The zero-order chi connectivity index (χ0) is 17.2. The van der Waals surface area contributed by atoms with E-state index in [1.165, 1.54) is 0 Å². The maximum absolute atomic E-state index is 9.67. The summed E-state index contributed by atoms with van der Waals surface area (Å²) in [7, 11) is -1.72. The van der Waals surface area contributed by atoms with Crippen LogP contribution < -0.4 is 0 Å². The zero-order valence-electron chi connectivity index (χ0n) is 15.1. The largest absolute Gasteiger partial charge is 0.508 e. The van der Waals surface area contributed by atoms with Crippen LogP contribution in [0.15, 0.2) is 36.4 Å². The molecule has 0 atom stereocenters. The highest BCUT2D eigenvalue weighted by molar-refractivity contribution is 6.90. The topological polar surface area (TPSA) is 20.2 Å². The van der Waals surface area contributed by atoms with Crippen molar-refractivity contribution in [1.29, 1.82) is 0 Å². The smallest absolute Gasteiger partial charge is 0.146 e. The molecule has 2 aromatic carbocycles. The predicted molar refractivity (Wildman–Crippen MR) is 104 cm³/mol. The van der Waals surface area contributed by atoms with E-state index in [9.17, 15) is 5.11 Å². The first-order chi connectivity index (χ1) is 10.8. The van der Waals surface area contributed by atoms with Crippen LogP contribution >= 0.6 is 0 Å². The van der Waals surface area contributed by atoms with E-state index in [0.717, 1.165) is 16.3 Å². The van der Waals surface area contributed by atoms with Gasteiger partial charge in [-0.2, -0.15) is 0 Å². The van der Waals surface area contributed by atoms with Gasteiger partial charge < -0.3 is 5.11 Å². The molecule has 0 aliphatic rings. The zero-order valence-corrected chi connectivity index (χ0v) is 16.1. The number of rotatable bonds is 3. The molecule has 0 bridgehead atoms. The van der Waals surface area contributed by atoms with Crippen molar-refractivity contribution in [3.63, 3.8) is 0 Å². The third kappa shape index (κ3) is 3.30. The summed E-state index contributed by atoms with van der Waals surface area (Å²) in [6.07, 6.45) is 0. The lowest BCUT2D eigenvalue weighted by molar-refractivity contribution is 0.476. The number of benzene rings is 2. The minimum Gasteiger partial charge on any atom is -0.508 e. The third-order valence-corrected chi connectivity index (χ3v) is 11.4. The van der Waals surface area contributed by atoms with Gasteiger partial charge in [0, 0.05) is 5.56 Å². The van der Waals surface area contributed by atoms with Crippen LogP contribution in [0.2, 0.25) is 16.6 Å². The molecule has 23 heavy (non-hydrogen) atoms. The van der Waals surface area contributed by atoms with Gasteiger partial charge in [0.2, 0.25) is 0 Å². The first-order valence-electron chi connectivity index (χ1n) is 8.54. The van der Waals surface area contributed by atoms with Gasteiger partial charge in [-0.3, -0.25) is 0 Å². The molecule has 2 rings (SSSR count). The quantitative estimate of drug-likeness (QED) is 0.533. The van der Waals surface area contributed by atoms with Crippen LogP contribution in [0.5, 0.6) is 5.75 Å². The lowest BCUT2D eigenvalue weighted by atomic mass is 10.1. The number of hydrogen-bond acceptors (Lipinski definition) is 1. The third-order valence-electron chi connectivity index (χ3n) is 5.14. The van der Waals surface area contributed by atoms with Gasteiger partial charge in [0.05, 0.1) is 0 Å². The van der Waals surface area contributed by atoms with Gasteiger partial charge in [-0.25, -0.2) is 0 Å². The highest BCUT2D eigenvalue weighted by Crippen LogP contribution is 2.40.